The lowest BCUT2D eigenvalue weighted by Crippen LogP contribution is -2.49. The van der Waals surface area contributed by atoms with Crippen LogP contribution in [-0.2, 0) is 23.8 Å². The smallest absolute Gasteiger partial charge is 0.497 e. The van der Waals surface area contributed by atoms with E-state index in [0.29, 0.717) is 34.4 Å². The van der Waals surface area contributed by atoms with Crippen LogP contribution in [0.2, 0.25) is 0 Å². The SMILES string of the molecule is COc1cc(OC)c2ncc(C3CC(OC)C(OC)C(OS(=O)(=O)C(F)(F)F)C3)cc2c1. The highest BCUT2D eigenvalue weighted by molar-refractivity contribution is 7.87. The van der Waals surface area contributed by atoms with Crippen LogP contribution in [0.3, 0.4) is 0 Å². The molecule has 12 heteroatoms. The van der Waals surface area contributed by atoms with Crippen LogP contribution in [-0.4, -0.2) is 65.7 Å². The van der Waals surface area contributed by atoms with Gasteiger partial charge in [0.2, 0.25) is 0 Å². The number of benzene rings is 1. The minimum absolute atomic E-state index is 0.0397. The van der Waals surface area contributed by atoms with Crippen LogP contribution in [0.4, 0.5) is 13.2 Å². The van der Waals surface area contributed by atoms with Crippen LogP contribution in [0.15, 0.2) is 24.4 Å². The second kappa shape index (κ2) is 9.38. The third-order valence-corrected chi connectivity index (χ3v) is 6.61. The van der Waals surface area contributed by atoms with Gasteiger partial charge in [0.1, 0.15) is 29.2 Å². The normalized spacial score (nSPS) is 24.5. The molecule has 0 aliphatic heterocycles. The molecule has 1 fully saturated rings. The molecule has 0 spiro atoms. The Bertz CT molecular complexity index is 1060. The maximum atomic E-state index is 12.9. The number of fused-ring (bicyclic) bond motifs is 1. The molecule has 1 aromatic carbocycles. The van der Waals surface area contributed by atoms with Gasteiger partial charge in [-0.1, -0.05) is 0 Å². The largest absolute Gasteiger partial charge is 0.523 e. The Morgan fingerprint density at radius 3 is 2.22 bits per heavy atom. The first-order valence-corrected chi connectivity index (χ1v) is 11.0. The first-order chi connectivity index (χ1) is 15.0. The molecule has 0 saturated heterocycles. The molecule has 1 heterocycles. The summed E-state index contributed by atoms with van der Waals surface area (Å²) < 4.78 is 87.9. The number of nitrogens with zero attached hydrogens (tertiary/aromatic N) is 1. The van der Waals surface area contributed by atoms with E-state index in [4.69, 9.17) is 18.9 Å². The maximum Gasteiger partial charge on any atom is 0.523 e. The molecular formula is C20H24F3NO7S. The van der Waals surface area contributed by atoms with Crippen molar-refractivity contribution in [2.45, 2.75) is 42.6 Å². The molecule has 1 aliphatic carbocycles. The first-order valence-electron chi connectivity index (χ1n) is 9.61. The van der Waals surface area contributed by atoms with Crippen LogP contribution in [0.1, 0.15) is 24.3 Å². The van der Waals surface area contributed by atoms with E-state index in [1.807, 2.05) is 6.07 Å². The van der Waals surface area contributed by atoms with Gasteiger partial charge in [0.05, 0.1) is 20.3 Å². The quantitative estimate of drug-likeness (QED) is 0.441. The minimum Gasteiger partial charge on any atom is -0.497 e. The van der Waals surface area contributed by atoms with E-state index in [0.717, 1.165) is 0 Å². The van der Waals surface area contributed by atoms with Crippen LogP contribution in [0, 0.1) is 0 Å². The fourth-order valence-electron chi connectivity index (χ4n) is 3.99. The Balaban J connectivity index is 1.99. The summed E-state index contributed by atoms with van der Waals surface area (Å²) in [7, 11) is -0.157. The van der Waals surface area contributed by atoms with Crippen LogP contribution in [0.25, 0.3) is 10.9 Å². The van der Waals surface area contributed by atoms with E-state index in [1.165, 1.54) is 28.4 Å². The average molecular weight is 479 g/mol. The first kappa shape index (κ1) is 24.5. The number of pyridine rings is 1. The molecule has 4 atom stereocenters. The lowest BCUT2D eigenvalue weighted by atomic mass is 9.79. The van der Waals surface area contributed by atoms with Gasteiger partial charge < -0.3 is 18.9 Å². The molecule has 1 saturated carbocycles. The molecule has 8 nitrogen and oxygen atoms in total. The van der Waals surface area contributed by atoms with E-state index >= 15 is 0 Å². The zero-order chi connectivity index (χ0) is 23.7. The molecule has 0 bridgehead atoms. The number of hydrogen-bond donors (Lipinski definition) is 0. The molecule has 3 rings (SSSR count). The number of hydrogen-bond acceptors (Lipinski definition) is 8. The lowest BCUT2D eigenvalue weighted by Gasteiger charge is -2.39. The van der Waals surface area contributed by atoms with Crippen LogP contribution >= 0.6 is 0 Å². The molecule has 2 aromatic rings. The van der Waals surface area contributed by atoms with Crippen molar-refractivity contribution in [1.82, 2.24) is 4.98 Å². The summed E-state index contributed by atoms with van der Waals surface area (Å²) in [5, 5.41) is 0.696. The molecule has 0 radical (unpaired) electrons. The molecule has 4 unspecified atom stereocenters. The fraction of sp³-hybridized carbons (Fsp3) is 0.550. The van der Waals surface area contributed by atoms with Gasteiger partial charge in [-0.3, -0.25) is 9.17 Å². The van der Waals surface area contributed by atoms with Gasteiger partial charge in [-0.25, -0.2) is 0 Å². The van der Waals surface area contributed by atoms with Crippen molar-refractivity contribution in [2.24, 2.45) is 0 Å². The Labute approximate surface area is 183 Å². The monoisotopic (exact) mass is 479 g/mol. The molecular weight excluding hydrogens is 455 g/mol. The summed E-state index contributed by atoms with van der Waals surface area (Å²) in [5.41, 5.74) is -4.28. The van der Waals surface area contributed by atoms with Crippen molar-refractivity contribution in [3.8, 4) is 11.5 Å². The van der Waals surface area contributed by atoms with E-state index in [9.17, 15) is 21.6 Å². The Hall–Kier alpha value is -2.15. The van der Waals surface area contributed by atoms with Crippen molar-refractivity contribution in [3.05, 3.63) is 30.0 Å². The highest BCUT2D eigenvalue weighted by Crippen LogP contribution is 2.40. The zero-order valence-corrected chi connectivity index (χ0v) is 18.7. The highest BCUT2D eigenvalue weighted by Gasteiger charge is 2.51. The van der Waals surface area contributed by atoms with Crippen molar-refractivity contribution in [3.63, 3.8) is 0 Å². The summed E-state index contributed by atoms with van der Waals surface area (Å²) in [6, 6.07) is 5.25. The maximum absolute atomic E-state index is 12.9. The zero-order valence-electron chi connectivity index (χ0n) is 17.9. The Morgan fingerprint density at radius 2 is 1.66 bits per heavy atom. The number of alkyl halides is 3. The minimum atomic E-state index is -5.81. The third-order valence-electron chi connectivity index (χ3n) is 5.55. The van der Waals surface area contributed by atoms with Gasteiger partial charge in [-0.15, -0.1) is 0 Å². The number of methoxy groups -OCH3 is 4. The van der Waals surface area contributed by atoms with E-state index < -0.39 is 39.9 Å². The summed E-state index contributed by atoms with van der Waals surface area (Å²) in [6.07, 6.45) is -1.18. The molecule has 1 aromatic heterocycles. The molecule has 178 valence electrons. The van der Waals surface area contributed by atoms with E-state index in [2.05, 4.69) is 9.17 Å². The molecule has 1 aliphatic rings. The highest BCUT2D eigenvalue weighted by atomic mass is 32.2. The van der Waals surface area contributed by atoms with Gasteiger partial charge in [-0.2, -0.15) is 21.6 Å². The van der Waals surface area contributed by atoms with Crippen molar-refractivity contribution in [1.29, 1.82) is 0 Å². The van der Waals surface area contributed by atoms with E-state index in [1.54, 1.807) is 18.3 Å². The van der Waals surface area contributed by atoms with Crippen LogP contribution in [0.5, 0.6) is 11.5 Å². The lowest BCUT2D eigenvalue weighted by molar-refractivity contribution is -0.121. The molecule has 0 N–H and O–H groups in total. The van der Waals surface area contributed by atoms with Gasteiger partial charge in [0, 0.05) is 31.9 Å². The number of halogens is 3. The average Bonchev–Trinajstić information content (AvgIpc) is 2.76. The predicted molar refractivity (Wildman–Crippen MR) is 108 cm³/mol. The molecule has 0 amide bonds. The third kappa shape index (κ3) is 4.77. The van der Waals surface area contributed by atoms with Crippen molar-refractivity contribution < 1.29 is 44.7 Å². The fourth-order valence-corrected chi connectivity index (χ4v) is 4.61. The van der Waals surface area contributed by atoms with Crippen molar-refractivity contribution in [2.75, 3.05) is 28.4 Å². The topological polar surface area (TPSA) is 93.2 Å². The predicted octanol–water partition coefficient (Wildman–Crippen LogP) is 3.39. The number of aromatic nitrogens is 1. The van der Waals surface area contributed by atoms with Gasteiger partial charge in [-0.05, 0) is 36.5 Å². The number of rotatable bonds is 7. The summed E-state index contributed by atoms with van der Waals surface area (Å²) in [5.74, 6) is 0.652. The van der Waals surface area contributed by atoms with Gasteiger partial charge in [0.15, 0.2) is 0 Å². The Morgan fingerprint density at radius 1 is 0.969 bits per heavy atom. The summed E-state index contributed by atoms with van der Waals surface area (Å²) >= 11 is 0. The summed E-state index contributed by atoms with van der Waals surface area (Å²) in [6.45, 7) is 0. The second-order valence-corrected chi connectivity index (χ2v) is 8.91. The molecule has 32 heavy (non-hydrogen) atoms. The van der Waals surface area contributed by atoms with Crippen LogP contribution < -0.4 is 9.47 Å². The van der Waals surface area contributed by atoms with Gasteiger partial charge in [0.25, 0.3) is 0 Å². The number of ether oxygens (including phenoxy) is 4. The van der Waals surface area contributed by atoms with Gasteiger partial charge >= 0.3 is 15.6 Å². The standard InChI is InChI=1S/C20H24F3NO7S/c1-27-14-6-12-5-13(10-24-18(12)15(9-14)28-2)11-7-16(29-3)19(30-4)17(8-11)31-32(25,26)20(21,22)23/h5-6,9-11,16-17,19H,7-8H2,1-4H3. The Kier molecular flexibility index (Phi) is 7.18. The van der Waals surface area contributed by atoms with Crippen molar-refractivity contribution >= 4 is 21.0 Å². The summed E-state index contributed by atoms with van der Waals surface area (Å²) in [4.78, 5) is 4.44. The second-order valence-electron chi connectivity index (χ2n) is 7.35. The van der Waals surface area contributed by atoms with E-state index in [-0.39, 0.29) is 6.42 Å².